The first kappa shape index (κ1) is 24.4. The minimum Gasteiger partial charge on any atom is -0.448 e. The highest BCUT2D eigenvalue weighted by molar-refractivity contribution is 5.67. The van der Waals surface area contributed by atoms with Crippen LogP contribution in [0.15, 0.2) is 0 Å². The molecule has 0 radical (unpaired) electrons. The Balaban J connectivity index is 4.07. The van der Waals surface area contributed by atoms with Gasteiger partial charge in [-0.1, -0.05) is 26.7 Å². The Hall–Kier alpha value is -1.58. The Bertz CT molecular complexity index is 343. The fourth-order valence-electron chi connectivity index (χ4n) is 2.04. The third kappa shape index (κ3) is 14.7. The Morgan fingerprint density at radius 1 is 1.00 bits per heavy atom. The van der Waals surface area contributed by atoms with Gasteiger partial charge in [-0.2, -0.15) is 0 Å². The summed E-state index contributed by atoms with van der Waals surface area (Å²) in [5.74, 6) is 0. The minimum atomic E-state index is -0.688. The normalized spacial score (nSPS) is 11.9. The topological polar surface area (TPSA) is 126 Å². The number of hydrogen-bond acceptors (Lipinski definition) is 7. The van der Waals surface area contributed by atoms with Gasteiger partial charge in [0.25, 0.3) is 0 Å². The average Bonchev–Trinajstić information content (AvgIpc) is 2.61. The number of nitrogens with one attached hydrogen (secondary N) is 2. The molecule has 2 amide bonds. The molecule has 0 rings (SSSR count). The highest BCUT2D eigenvalue weighted by atomic mass is 16.6. The molecule has 0 aromatic carbocycles. The van der Waals surface area contributed by atoms with Gasteiger partial charge in [0.15, 0.2) is 0 Å². The number of carbonyl (C=O) groups is 2. The van der Waals surface area contributed by atoms with Gasteiger partial charge in [0.1, 0.15) is 13.2 Å². The van der Waals surface area contributed by atoms with E-state index in [0.29, 0.717) is 32.7 Å². The maximum Gasteiger partial charge on any atom is 0.407 e. The summed E-state index contributed by atoms with van der Waals surface area (Å²) in [4.78, 5) is 24.9. The molecular weight excluding hydrogens is 340 g/mol. The van der Waals surface area contributed by atoms with Crippen molar-refractivity contribution >= 4 is 12.2 Å². The molecule has 0 aliphatic carbocycles. The number of unbranched alkanes of at least 4 members (excludes halogenated alkanes) is 2. The van der Waals surface area contributed by atoms with Gasteiger partial charge in [-0.3, -0.25) is 4.90 Å². The smallest absolute Gasteiger partial charge is 0.407 e. The molecule has 1 atom stereocenters. The van der Waals surface area contributed by atoms with Crippen molar-refractivity contribution in [3.8, 4) is 0 Å². The molecule has 0 aromatic rings. The second kappa shape index (κ2) is 16.9. The zero-order chi connectivity index (χ0) is 19.6. The quantitative estimate of drug-likeness (QED) is 0.309. The molecule has 9 nitrogen and oxygen atoms in total. The van der Waals surface area contributed by atoms with Crippen LogP contribution in [0.1, 0.15) is 39.5 Å². The lowest BCUT2D eigenvalue weighted by Crippen LogP contribution is -2.41. The summed E-state index contributed by atoms with van der Waals surface area (Å²) in [6.07, 6.45) is 2.21. The summed E-state index contributed by atoms with van der Waals surface area (Å²) < 4.78 is 10.2. The van der Waals surface area contributed by atoms with E-state index in [1.54, 1.807) is 0 Å². The number of amides is 2. The highest BCUT2D eigenvalue weighted by Gasteiger charge is 2.12. The largest absolute Gasteiger partial charge is 0.448 e. The number of aliphatic hydroxyl groups is 1. The van der Waals surface area contributed by atoms with E-state index in [2.05, 4.69) is 10.6 Å². The van der Waals surface area contributed by atoms with Crippen molar-refractivity contribution in [3.63, 3.8) is 0 Å². The minimum absolute atomic E-state index is 0.132. The standard InChI is InChI=1S/C17H36N4O5/c1-3-5-7-19-16(23)25-11-9-21(14-15(22)13-18)10-12-26-17(24)20-8-6-4-2/h15,22H,3-14,18H2,1-2H3,(H,19,23)(H,20,24). The maximum absolute atomic E-state index is 11.5. The van der Waals surface area contributed by atoms with Crippen molar-refractivity contribution < 1.29 is 24.2 Å². The first-order chi connectivity index (χ1) is 12.5. The predicted molar refractivity (Wildman–Crippen MR) is 100 cm³/mol. The summed E-state index contributed by atoms with van der Waals surface area (Å²) >= 11 is 0. The van der Waals surface area contributed by atoms with Crippen LogP contribution in [0.4, 0.5) is 9.59 Å². The number of rotatable bonds is 15. The van der Waals surface area contributed by atoms with Crippen LogP contribution < -0.4 is 16.4 Å². The van der Waals surface area contributed by atoms with Gasteiger partial charge in [-0.15, -0.1) is 0 Å². The lowest BCUT2D eigenvalue weighted by molar-refractivity contribution is 0.0755. The van der Waals surface area contributed by atoms with Gasteiger partial charge in [0.05, 0.1) is 6.10 Å². The van der Waals surface area contributed by atoms with Crippen LogP contribution in [0, 0.1) is 0 Å². The molecule has 9 heteroatoms. The average molecular weight is 376 g/mol. The van der Waals surface area contributed by atoms with Crippen LogP contribution >= 0.6 is 0 Å². The number of hydrogen-bond donors (Lipinski definition) is 4. The lowest BCUT2D eigenvalue weighted by Gasteiger charge is -2.24. The Morgan fingerprint density at radius 2 is 1.46 bits per heavy atom. The number of ether oxygens (including phenoxy) is 2. The molecule has 0 spiro atoms. The van der Waals surface area contributed by atoms with Gasteiger partial charge in [0.2, 0.25) is 0 Å². The van der Waals surface area contributed by atoms with Gasteiger partial charge in [0, 0.05) is 39.3 Å². The van der Waals surface area contributed by atoms with Crippen molar-refractivity contribution in [2.75, 3.05) is 52.5 Å². The molecule has 0 aromatic heterocycles. The fourth-order valence-corrected chi connectivity index (χ4v) is 2.04. The second-order valence-corrected chi connectivity index (χ2v) is 6.02. The molecular formula is C17H36N4O5. The molecule has 0 saturated carbocycles. The predicted octanol–water partition coefficient (Wildman–Crippen LogP) is 0.661. The maximum atomic E-state index is 11.5. The Labute approximate surface area is 156 Å². The van der Waals surface area contributed by atoms with Crippen molar-refractivity contribution in [1.82, 2.24) is 15.5 Å². The summed E-state index contributed by atoms with van der Waals surface area (Å²) in [6, 6.07) is 0. The molecule has 0 saturated heterocycles. The highest BCUT2D eigenvalue weighted by Crippen LogP contribution is 1.95. The van der Waals surface area contributed by atoms with Crippen LogP contribution in [-0.2, 0) is 9.47 Å². The Morgan fingerprint density at radius 3 is 1.85 bits per heavy atom. The Kier molecular flexibility index (Phi) is 15.8. The zero-order valence-corrected chi connectivity index (χ0v) is 16.2. The third-order valence-electron chi connectivity index (χ3n) is 3.62. The van der Waals surface area contributed by atoms with E-state index < -0.39 is 18.3 Å². The van der Waals surface area contributed by atoms with Crippen molar-refractivity contribution in [3.05, 3.63) is 0 Å². The summed E-state index contributed by atoms with van der Waals surface area (Å²) in [5, 5.41) is 15.1. The number of carbonyl (C=O) groups excluding carboxylic acids is 2. The van der Waals surface area contributed by atoms with Crippen molar-refractivity contribution in [1.29, 1.82) is 0 Å². The number of nitrogens with two attached hydrogens (primary N) is 1. The molecule has 0 heterocycles. The molecule has 1 unspecified atom stereocenters. The number of alkyl carbamates (subject to hydrolysis) is 2. The van der Waals surface area contributed by atoms with Crippen LogP contribution in [0.3, 0.4) is 0 Å². The SMILES string of the molecule is CCCCNC(=O)OCCN(CCOC(=O)NCCCC)CC(O)CN. The van der Waals surface area contributed by atoms with Crippen molar-refractivity contribution in [2.24, 2.45) is 5.73 Å². The van der Waals surface area contributed by atoms with Crippen LogP contribution in [0.2, 0.25) is 0 Å². The number of aliphatic hydroxyl groups excluding tert-OH is 1. The molecule has 26 heavy (non-hydrogen) atoms. The lowest BCUT2D eigenvalue weighted by atomic mass is 10.3. The zero-order valence-electron chi connectivity index (χ0n) is 16.2. The summed E-state index contributed by atoms with van der Waals surface area (Å²) in [6.45, 7) is 6.90. The fraction of sp³-hybridized carbons (Fsp3) is 0.882. The first-order valence-electron chi connectivity index (χ1n) is 9.45. The summed E-state index contributed by atoms with van der Waals surface area (Å²) in [7, 11) is 0. The van der Waals surface area contributed by atoms with E-state index in [1.807, 2.05) is 18.7 Å². The van der Waals surface area contributed by atoms with E-state index >= 15 is 0 Å². The second-order valence-electron chi connectivity index (χ2n) is 6.02. The van der Waals surface area contributed by atoms with E-state index in [0.717, 1.165) is 25.7 Å². The van der Waals surface area contributed by atoms with E-state index in [-0.39, 0.29) is 19.8 Å². The van der Waals surface area contributed by atoms with Crippen LogP contribution in [0.5, 0.6) is 0 Å². The van der Waals surface area contributed by atoms with E-state index in [9.17, 15) is 14.7 Å². The summed E-state index contributed by atoms with van der Waals surface area (Å²) in [5.41, 5.74) is 5.44. The molecule has 0 aliphatic rings. The molecule has 154 valence electrons. The third-order valence-corrected chi connectivity index (χ3v) is 3.62. The van der Waals surface area contributed by atoms with Gasteiger partial charge >= 0.3 is 12.2 Å². The van der Waals surface area contributed by atoms with E-state index in [4.69, 9.17) is 15.2 Å². The monoisotopic (exact) mass is 376 g/mol. The van der Waals surface area contributed by atoms with Crippen LogP contribution in [-0.4, -0.2) is 80.8 Å². The van der Waals surface area contributed by atoms with Gasteiger partial charge in [-0.05, 0) is 12.8 Å². The van der Waals surface area contributed by atoms with Crippen LogP contribution in [0.25, 0.3) is 0 Å². The molecule has 0 bridgehead atoms. The molecule has 5 N–H and O–H groups in total. The number of nitrogens with zero attached hydrogens (tertiary/aromatic N) is 1. The molecule has 0 fully saturated rings. The van der Waals surface area contributed by atoms with Gasteiger partial charge < -0.3 is 30.9 Å². The molecule has 0 aliphatic heterocycles. The van der Waals surface area contributed by atoms with Crippen molar-refractivity contribution in [2.45, 2.75) is 45.6 Å². The first-order valence-corrected chi connectivity index (χ1v) is 9.45. The van der Waals surface area contributed by atoms with Gasteiger partial charge in [-0.25, -0.2) is 9.59 Å². The van der Waals surface area contributed by atoms with E-state index in [1.165, 1.54) is 0 Å².